The van der Waals surface area contributed by atoms with Crippen LogP contribution in [0.3, 0.4) is 0 Å². The first-order valence-corrected chi connectivity index (χ1v) is 12.7. The van der Waals surface area contributed by atoms with Crippen LogP contribution in [0.15, 0.2) is 78.9 Å². The molecule has 5 nitrogen and oxygen atoms in total. The minimum atomic E-state index is 0. The van der Waals surface area contributed by atoms with Crippen molar-refractivity contribution in [1.82, 2.24) is 14.9 Å². The van der Waals surface area contributed by atoms with Gasteiger partial charge in [0.05, 0.1) is 5.52 Å². The molecule has 5 rings (SSSR count). The maximum atomic E-state index is 4.71. The topological polar surface area (TPSA) is 53.1 Å². The lowest BCUT2D eigenvalue weighted by molar-refractivity contribution is 0.208. The van der Waals surface area contributed by atoms with Crippen LogP contribution in [0.2, 0.25) is 0 Å². The monoisotopic (exact) mass is 537 g/mol. The van der Waals surface area contributed by atoms with Crippen molar-refractivity contribution in [3.63, 3.8) is 0 Å². The van der Waals surface area contributed by atoms with Crippen molar-refractivity contribution in [2.45, 2.75) is 31.1 Å². The molecule has 0 atom stereocenters. The van der Waals surface area contributed by atoms with Gasteiger partial charge in [-0.25, -0.2) is 4.98 Å². The molecule has 1 saturated heterocycles. The molecular weight excluding hydrogens is 501 g/mol. The number of halogens is 2. The highest BCUT2D eigenvalue weighted by Crippen LogP contribution is 2.36. The van der Waals surface area contributed by atoms with E-state index in [4.69, 9.17) is 4.98 Å². The largest absolute Gasteiger partial charge is 0.372 e. The van der Waals surface area contributed by atoms with Gasteiger partial charge in [0.1, 0.15) is 5.82 Å². The Morgan fingerprint density at radius 2 is 1.41 bits per heavy atom. The Morgan fingerprint density at radius 1 is 0.784 bits per heavy atom. The maximum Gasteiger partial charge on any atom is 0.224 e. The van der Waals surface area contributed by atoms with Gasteiger partial charge in [-0.2, -0.15) is 4.98 Å². The van der Waals surface area contributed by atoms with Gasteiger partial charge in [-0.05, 0) is 67.6 Å². The fourth-order valence-corrected chi connectivity index (χ4v) is 5.52. The molecule has 7 heteroatoms. The smallest absolute Gasteiger partial charge is 0.224 e. The lowest BCUT2D eigenvalue weighted by Gasteiger charge is -2.33. The number of nitrogens with one attached hydrogen (secondary N) is 2. The molecular formula is C30H37Cl2N5. The summed E-state index contributed by atoms with van der Waals surface area (Å²) in [4.78, 5) is 12.0. The molecule has 2 heterocycles. The molecule has 37 heavy (non-hydrogen) atoms. The van der Waals surface area contributed by atoms with Gasteiger partial charge in [0.2, 0.25) is 5.95 Å². The van der Waals surface area contributed by atoms with E-state index in [1.54, 1.807) is 0 Å². The lowest BCUT2D eigenvalue weighted by atomic mass is 9.86. The van der Waals surface area contributed by atoms with Crippen LogP contribution in [-0.4, -0.2) is 48.6 Å². The van der Waals surface area contributed by atoms with Crippen molar-refractivity contribution >= 4 is 47.5 Å². The second-order valence-electron chi connectivity index (χ2n) is 9.42. The Hall–Kier alpha value is -2.86. The number of fused-ring (bicyclic) bond motifs is 1. The van der Waals surface area contributed by atoms with E-state index < -0.39 is 0 Å². The first-order chi connectivity index (χ1) is 17.3. The molecule has 0 saturated carbocycles. The van der Waals surface area contributed by atoms with Crippen LogP contribution in [-0.2, 0) is 0 Å². The molecule has 0 amide bonds. The molecule has 2 N–H and O–H groups in total. The lowest BCUT2D eigenvalue weighted by Crippen LogP contribution is -2.34. The third kappa shape index (κ3) is 6.53. The highest BCUT2D eigenvalue weighted by Gasteiger charge is 2.25. The molecule has 0 bridgehead atoms. The number of benzene rings is 3. The standard InChI is InChI=1S/C30H35N5.2ClH/c1-31-29-28-26(14-9-15-27(28)33-30(32-2)34-29)24-16-19-35(20-17-24)21-18-25(22-10-5-3-6-11-22)23-12-7-4-8-13-23;;/h3-15,24-25H,16-21H2,1-2H3,(H2,31,32,33,34);2*1H. The van der Waals surface area contributed by atoms with Crippen LogP contribution < -0.4 is 10.6 Å². The summed E-state index contributed by atoms with van der Waals surface area (Å²) in [5.41, 5.74) is 5.19. The number of likely N-dealkylation sites (tertiary alicyclic amines) is 1. The van der Waals surface area contributed by atoms with Gasteiger partial charge < -0.3 is 15.5 Å². The Balaban J connectivity index is 0.00000190. The quantitative estimate of drug-likeness (QED) is 0.254. The fourth-order valence-electron chi connectivity index (χ4n) is 5.52. The number of hydrogen-bond acceptors (Lipinski definition) is 5. The molecule has 0 spiro atoms. The molecule has 196 valence electrons. The summed E-state index contributed by atoms with van der Waals surface area (Å²) in [5.74, 6) is 2.53. The van der Waals surface area contributed by atoms with Crippen molar-refractivity contribution in [2.75, 3.05) is 44.4 Å². The average molecular weight is 539 g/mol. The van der Waals surface area contributed by atoms with Gasteiger partial charge in [0.15, 0.2) is 0 Å². The summed E-state index contributed by atoms with van der Waals surface area (Å²) in [6.45, 7) is 3.37. The number of rotatable bonds is 8. The Labute approximate surface area is 232 Å². The van der Waals surface area contributed by atoms with E-state index in [9.17, 15) is 0 Å². The van der Waals surface area contributed by atoms with Crippen molar-refractivity contribution in [1.29, 1.82) is 0 Å². The van der Waals surface area contributed by atoms with Gasteiger partial charge in [-0.1, -0.05) is 72.8 Å². The van der Waals surface area contributed by atoms with Crippen LogP contribution in [0, 0.1) is 0 Å². The van der Waals surface area contributed by atoms with E-state index in [2.05, 4.69) is 99.4 Å². The van der Waals surface area contributed by atoms with Crippen LogP contribution >= 0.6 is 24.8 Å². The summed E-state index contributed by atoms with van der Waals surface area (Å²) in [6.07, 6.45) is 3.46. The van der Waals surface area contributed by atoms with Gasteiger partial charge in [-0.15, -0.1) is 24.8 Å². The molecule has 1 aliphatic heterocycles. The fraction of sp³-hybridized carbons (Fsp3) is 0.333. The number of aromatic nitrogens is 2. The first kappa shape index (κ1) is 28.7. The Bertz CT molecular complexity index is 1210. The third-order valence-corrected chi connectivity index (χ3v) is 7.38. The summed E-state index contributed by atoms with van der Waals surface area (Å²) >= 11 is 0. The molecule has 0 aliphatic carbocycles. The minimum absolute atomic E-state index is 0. The SMILES string of the molecule is CNc1nc(NC)c2c(C3CCN(CCC(c4ccccc4)c4ccccc4)CC3)cccc2n1.Cl.Cl. The number of anilines is 2. The zero-order valence-electron chi connectivity index (χ0n) is 21.6. The molecule has 1 fully saturated rings. The van der Waals surface area contributed by atoms with E-state index in [0.29, 0.717) is 17.8 Å². The van der Waals surface area contributed by atoms with Crippen LogP contribution in [0.5, 0.6) is 0 Å². The highest BCUT2D eigenvalue weighted by molar-refractivity contribution is 5.93. The van der Waals surface area contributed by atoms with Gasteiger partial charge in [0.25, 0.3) is 0 Å². The average Bonchev–Trinajstić information content (AvgIpc) is 2.93. The summed E-state index contributed by atoms with van der Waals surface area (Å²) < 4.78 is 0. The first-order valence-electron chi connectivity index (χ1n) is 12.7. The number of piperidine rings is 1. The Kier molecular flexibility index (Phi) is 10.6. The van der Waals surface area contributed by atoms with Crippen molar-refractivity contribution in [2.24, 2.45) is 0 Å². The van der Waals surface area contributed by atoms with Gasteiger partial charge >= 0.3 is 0 Å². The van der Waals surface area contributed by atoms with Gasteiger partial charge in [-0.3, -0.25) is 0 Å². The summed E-state index contributed by atoms with van der Waals surface area (Å²) in [7, 11) is 3.80. The van der Waals surface area contributed by atoms with Crippen LogP contribution in [0.25, 0.3) is 10.9 Å². The molecule has 0 radical (unpaired) electrons. The molecule has 4 aromatic rings. The zero-order valence-corrected chi connectivity index (χ0v) is 23.2. The van der Waals surface area contributed by atoms with Crippen LogP contribution in [0.4, 0.5) is 11.8 Å². The molecule has 0 unspecified atom stereocenters. The molecule has 1 aliphatic rings. The van der Waals surface area contributed by atoms with Crippen LogP contribution in [0.1, 0.15) is 47.8 Å². The van der Waals surface area contributed by atoms with E-state index in [0.717, 1.165) is 50.2 Å². The normalized spacial score (nSPS) is 14.1. The predicted octanol–water partition coefficient (Wildman–Crippen LogP) is 6.96. The van der Waals surface area contributed by atoms with Crippen molar-refractivity contribution < 1.29 is 0 Å². The Morgan fingerprint density at radius 3 is 1.97 bits per heavy atom. The van der Waals surface area contributed by atoms with E-state index >= 15 is 0 Å². The van der Waals surface area contributed by atoms with E-state index in [-0.39, 0.29) is 24.8 Å². The summed E-state index contributed by atoms with van der Waals surface area (Å²) in [5, 5.41) is 7.54. The maximum absolute atomic E-state index is 4.71. The summed E-state index contributed by atoms with van der Waals surface area (Å²) in [6, 6.07) is 28.4. The van der Waals surface area contributed by atoms with E-state index in [1.165, 1.54) is 22.1 Å². The second kappa shape index (κ2) is 13.6. The predicted molar refractivity (Wildman–Crippen MR) is 161 cm³/mol. The molecule has 3 aromatic carbocycles. The second-order valence-corrected chi connectivity index (χ2v) is 9.42. The third-order valence-electron chi connectivity index (χ3n) is 7.38. The van der Waals surface area contributed by atoms with E-state index in [1.807, 2.05) is 14.1 Å². The minimum Gasteiger partial charge on any atom is -0.372 e. The highest BCUT2D eigenvalue weighted by atomic mass is 35.5. The van der Waals surface area contributed by atoms with Gasteiger partial charge in [0, 0.05) is 25.4 Å². The van der Waals surface area contributed by atoms with Crippen molar-refractivity contribution in [3.8, 4) is 0 Å². The number of nitrogens with zero attached hydrogens (tertiary/aromatic N) is 3. The van der Waals surface area contributed by atoms with Crippen molar-refractivity contribution in [3.05, 3.63) is 95.6 Å². The number of hydrogen-bond donors (Lipinski definition) is 2. The zero-order chi connectivity index (χ0) is 24.0. The molecule has 1 aromatic heterocycles.